The number of hydrogen-bond donors (Lipinski definition) is 1. The van der Waals surface area contributed by atoms with Gasteiger partial charge in [0.25, 0.3) is 0 Å². The number of benzene rings is 1. The summed E-state index contributed by atoms with van der Waals surface area (Å²) in [6, 6.07) is 5.44. The molecule has 1 heterocycles. The molecule has 0 aromatic heterocycles. The minimum atomic E-state index is -4.55. The molecule has 2 rings (SSSR count). The number of nitrogens with zero attached hydrogens (tertiary/aromatic N) is 3. The van der Waals surface area contributed by atoms with Crippen molar-refractivity contribution in [2.75, 3.05) is 37.7 Å². The van der Waals surface area contributed by atoms with Crippen LogP contribution in [0.3, 0.4) is 0 Å². The number of nitriles is 1. The molecule has 1 saturated heterocycles. The molecule has 0 bridgehead atoms. The number of aliphatic hydroxyl groups is 1. The summed E-state index contributed by atoms with van der Waals surface area (Å²) in [5.74, 6) is 0. The van der Waals surface area contributed by atoms with E-state index in [2.05, 4.69) is 4.90 Å². The zero-order valence-electron chi connectivity index (χ0n) is 13.2. The van der Waals surface area contributed by atoms with Gasteiger partial charge in [-0.05, 0) is 32.0 Å². The molecule has 1 aliphatic heterocycles. The lowest BCUT2D eigenvalue weighted by atomic mass is 9.97. The van der Waals surface area contributed by atoms with Gasteiger partial charge in [-0.2, -0.15) is 18.4 Å². The molecule has 0 aliphatic carbocycles. The molecular formula is C16H20F3N3O. The molecule has 23 heavy (non-hydrogen) atoms. The fraction of sp³-hybridized carbons (Fsp3) is 0.562. The van der Waals surface area contributed by atoms with Crippen molar-refractivity contribution >= 4 is 5.69 Å². The summed E-state index contributed by atoms with van der Waals surface area (Å²) in [4.78, 5) is 4.02. The van der Waals surface area contributed by atoms with Gasteiger partial charge < -0.3 is 10.0 Å². The highest BCUT2D eigenvalue weighted by atomic mass is 19.4. The molecule has 0 saturated carbocycles. The topological polar surface area (TPSA) is 50.5 Å². The minimum Gasteiger partial charge on any atom is -0.395 e. The maximum atomic E-state index is 13.1. The van der Waals surface area contributed by atoms with E-state index in [0.29, 0.717) is 31.9 Å². The number of anilines is 1. The highest BCUT2D eigenvalue weighted by molar-refractivity contribution is 5.55. The van der Waals surface area contributed by atoms with Crippen LogP contribution in [0.1, 0.15) is 25.0 Å². The Labute approximate surface area is 133 Å². The highest BCUT2D eigenvalue weighted by Crippen LogP contribution is 2.35. The Morgan fingerprint density at radius 1 is 1.30 bits per heavy atom. The Morgan fingerprint density at radius 3 is 2.52 bits per heavy atom. The van der Waals surface area contributed by atoms with Gasteiger partial charge >= 0.3 is 6.18 Å². The van der Waals surface area contributed by atoms with Gasteiger partial charge in [-0.25, -0.2) is 0 Å². The van der Waals surface area contributed by atoms with Crippen LogP contribution in [0.4, 0.5) is 18.9 Å². The first-order chi connectivity index (χ1) is 10.7. The van der Waals surface area contributed by atoms with Crippen LogP contribution in [-0.4, -0.2) is 48.3 Å². The standard InChI is InChI=1S/C16H20F3N3O/c1-15(2)11-21(5-6-22(15)7-8-23)13-4-3-12(10-20)14(9-13)16(17,18)19/h3-4,9,23H,5-8,11H2,1-2H3. The third-order valence-electron chi connectivity index (χ3n) is 4.24. The van der Waals surface area contributed by atoms with E-state index in [1.807, 2.05) is 18.7 Å². The third-order valence-corrected chi connectivity index (χ3v) is 4.24. The Hall–Kier alpha value is -1.78. The Balaban J connectivity index is 2.29. The lowest BCUT2D eigenvalue weighted by Crippen LogP contribution is -2.60. The van der Waals surface area contributed by atoms with Gasteiger partial charge in [0.05, 0.1) is 23.8 Å². The van der Waals surface area contributed by atoms with Gasteiger partial charge in [0.15, 0.2) is 0 Å². The number of alkyl halides is 3. The average molecular weight is 327 g/mol. The van der Waals surface area contributed by atoms with Crippen LogP contribution in [-0.2, 0) is 6.18 Å². The van der Waals surface area contributed by atoms with Crippen molar-refractivity contribution in [3.8, 4) is 6.07 Å². The molecule has 7 heteroatoms. The molecule has 0 radical (unpaired) electrons. The Bertz CT molecular complexity index is 608. The van der Waals surface area contributed by atoms with Crippen LogP contribution < -0.4 is 4.90 Å². The molecule has 126 valence electrons. The summed E-state index contributed by atoms with van der Waals surface area (Å²) in [6.07, 6.45) is -4.55. The van der Waals surface area contributed by atoms with Crippen LogP contribution >= 0.6 is 0 Å². The van der Waals surface area contributed by atoms with Crippen LogP contribution in [0, 0.1) is 11.3 Å². The summed E-state index contributed by atoms with van der Waals surface area (Å²) in [5.41, 5.74) is -1.05. The van der Waals surface area contributed by atoms with Crippen molar-refractivity contribution in [1.82, 2.24) is 4.90 Å². The second-order valence-corrected chi connectivity index (χ2v) is 6.28. The van der Waals surface area contributed by atoms with Crippen molar-refractivity contribution in [2.24, 2.45) is 0 Å². The SMILES string of the molecule is CC1(C)CN(c2ccc(C#N)c(C(F)(F)F)c2)CCN1CCO. The number of halogens is 3. The van der Waals surface area contributed by atoms with Crippen molar-refractivity contribution in [1.29, 1.82) is 5.26 Å². The molecule has 1 N–H and O–H groups in total. The first kappa shape index (κ1) is 17.6. The van der Waals surface area contributed by atoms with Gasteiger partial charge in [-0.3, -0.25) is 4.90 Å². The first-order valence-electron chi connectivity index (χ1n) is 7.41. The van der Waals surface area contributed by atoms with E-state index >= 15 is 0 Å². The zero-order chi connectivity index (χ0) is 17.3. The van der Waals surface area contributed by atoms with Crippen molar-refractivity contribution in [3.63, 3.8) is 0 Å². The maximum Gasteiger partial charge on any atom is 0.417 e. The largest absolute Gasteiger partial charge is 0.417 e. The van der Waals surface area contributed by atoms with E-state index < -0.39 is 11.7 Å². The van der Waals surface area contributed by atoms with E-state index in [0.717, 1.165) is 6.07 Å². The second kappa shape index (κ2) is 6.38. The summed E-state index contributed by atoms with van der Waals surface area (Å²) in [7, 11) is 0. The number of rotatable bonds is 3. The number of β-amino-alcohol motifs (C(OH)–C–C–N with tert-alkyl or cyclic N) is 1. The van der Waals surface area contributed by atoms with Crippen LogP contribution in [0.2, 0.25) is 0 Å². The van der Waals surface area contributed by atoms with E-state index in [-0.39, 0.29) is 17.7 Å². The summed E-state index contributed by atoms with van der Waals surface area (Å²) < 4.78 is 39.3. The van der Waals surface area contributed by atoms with Gasteiger partial charge in [0, 0.05) is 37.4 Å². The van der Waals surface area contributed by atoms with Crippen molar-refractivity contribution in [2.45, 2.75) is 25.6 Å². The quantitative estimate of drug-likeness (QED) is 0.927. The van der Waals surface area contributed by atoms with Crippen molar-refractivity contribution < 1.29 is 18.3 Å². The normalized spacial score (nSPS) is 18.7. The molecule has 1 aromatic rings. The Kier molecular flexibility index (Phi) is 4.87. The van der Waals surface area contributed by atoms with Crippen LogP contribution in [0.5, 0.6) is 0 Å². The van der Waals surface area contributed by atoms with Gasteiger partial charge in [-0.1, -0.05) is 0 Å². The molecule has 0 amide bonds. The molecular weight excluding hydrogens is 307 g/mol. The Morgan fingerprint density at radius 2 is 2.00 bits per heavy atom. The molecule has 0 spiro atoms. The number of piperazine rings is 1. The summed E-state index contributed by atoms with van der Waals surface area (Å²) in [5, 5.41) is 18.0. The molecule has 1 fully saturated rings. The monoisotopic (exact) mass is 327 g/mol. The van der Waals surface area contributed by atoms with Gasteiger partial charge in [-0.15, -0.1) is 0 Å². The van der Waals surface area contributed by atoms with Crippen LogP contribution in [0.25, 0.3) is 0 Å². The second-order valence-electron chi connectivity index (χ2n) is 6.28. The van der Waals surface area contributed by atoms with Gasteiger partial charge in [0.2, 0.25) is 0 Å². The first-order valence-corrected chi connectivity index (χ1v) is 7.41. The summed E-state index contributed by atoms with van der Waals surface area (Å²) in [6.45, 7) is 6.39. The van der Waals surface area contributed by atoms with Gasteiger partial charge in [0.1, 0.15) is 0 Å². The van der Waals surface area contributed by atoms with E-state index in [1.165, 1.54) is 6.07 Å². The lowest BCUT2D eigenvalue weighted by Gasteiger charge is -2.48. The smallest absolute Gasteiger partial charge is 0.395 e. The third kappa shape index (κ3) is 3.77. The highest BCUT2D eigenvalue weighted by Gasteiger charge is 2.36. The predicted molar refractivity (Wildman–Crippen MR) is 81.1 cm³/mol. The predicted octanol–water partition coefficient (Wildman–Crippen LogP) is 2.47. The lowest BCUT2D eigenvalue weighted by molar-refractivity contribution is -0.137. The van der Waals surface area contributed by atoms with Crippen LogP contribution in [0.15, 0.2) is 18.2 Å². The molecule has 1 aromatic carbocycles. The van der Waals surface area contributed by atoms with E-state index in [1.54, 1.807) is 12.1 Å². The fourth-order valence-corrected chi connectivity index (χ4v) is 3.01. The number of hydrogen-bond acceptors (Lipinski definition) is 4. The van der Waals surface area contributed by atoms with E-state index in [4.69, 9.17) is 10.4 Å². The number of aliphatic hydroxyl groups excluding tert-OH is 1. The summed E-state index contributed by atoms with van der Waals surface area (Å²) >= 11 is 0. The molecule has 1 aliphatic rings. The fourth-order valence-electron chi connectivity index (χ4n) is 3.01. The minimum absolute atomic E-state index is 0.0541. The average Bonchev–Trinajstić information content (AvgIpc) is 2.47. The zero-order valence-corrected chi connectivity index (χ0v) is 13.2. The van der Waals surface area contributed by atoms with E-state index in [9.17, 15) is 13.2 Å². The molecule has 0 unspecified atom stereocenters. The maximum absolute atomic E-state index is 13.1. The molecule has 0 atom stereocenters. The molecule has 4 nitrogen and oxygen atoms in total. The van der Waals surface area contributed by atoms with Crippen molar-refractivity contribution in [3.05, 3.63) is 29.3 Å².